The number of H-pyrrole nitrogens is 1. The summed E-state index contributed by atoms with van der Waals surface area (Å²) < 4.78 is 5.49. The zero-order chi connectivity index (χ0) is 10.9. The van der Waals surface area contributed by atoms with Gasteiger partial charge in [-0.25, -0.2) is 0 Å². The monoisotopic (exact) mass is 208 g/mol. The van der Waals surface area contributed by atoms with Crippen molar-refractivity contribution >= 4 is 0 Å². The molecule has 0 aromatic carbocycles. The van der Waals surface area contributed by atoms with E-state index in [1.165, 1.54) is 36.9 Å². The number of aromatic nitrogens is 1. The molecule has 1 aliphatic carbocycles. The summed E-state index contributed by atoms with van der Waals surface area (Å²) in [4.78, 5) is 3.47. The second-order valence-electron chi connectivity index (χ2n) is 4.53. The molecule has 0 bridgehead atoms. The summed E-state index contributed by atoms with van der Waals surface area (Å²) in [5.74, 6) is 0. The zero-order valence-corrected chi connectivity index (χ0v) is 9.60. The van der Waals surface area contributed by atoms with Crippen molar-refractivity contribution in [2.45, 2.75) is 38.2 Å². The molecule has 1 unspecified atom stereocenters. The van der Waals surface area contributed by atoms with Gasteiger partial charge in [-0.3, -0.25) is 0 Å². The maximum absolute atomic E-state index is 5.76. The minimum atomic E-state index is -0.364. The van der Waals surface area contributed by atoms with Crippen LogP contribution in [0.5, 0.6) is 0 Å². The first kappa shape index (κ1) is 10.7. The number of aromatic amines is 1. The number of hydrogen-bond acceptors (Lipinski definition) is 2. The van der Waals surface area contributed by atoms with E-state index in [-0.39, 0.29) is 5.60 Å². The number of fused-ring (bicyclic) bond motifs is 1. The summed E-state index contributed by atoms with van der Waals surface area (Å²) in [6, 6.07) is 2.23. The molecule has 1 aromatic rings. The highest BCUT2D eigenvalue weighted by Crippen LogP contribution is 2.28. The maximum atomic E-state index is 5.76. The molecule has 3 N–H and O–H groups in total. The molecule has 3 heteroatoms. The largest absolute Gasteiger partial charge is 0.371 e. The molecule has 0 saturated heterocycles. The van der Waals surface area contributed by atoms with Crippen LogP contribution in [-0.2, 0) is 23.2 Å². The van der Waals surface area contributed by atoms with Crippen molar-refractivity contribution in [2.24, 2.45) is 5.73 Å². The Labute approximate surface area is 91.0 Å². The molecule has 1 aliphatic rings. The maximum Gasteiger partial charge on any atom is 0.117 e. The second kappa shape index (κ2) is 3.99. The lowest BCUT2D eigenvalue weighted by molar-refractivity contribution is 0.00673. The Morgan fingerprint density at radius 3 is 2.80 bits per heavy atom. The average molecular weight is 208 g/mol. The Morgan fingerprint density at radius 1 is 1.47 bits per heavy atom. The van der Waals surface area contributed by atoms with Crippen molar-refractivity contribution < 1.29 is 4.74 Å². The fourth-order valence-corrected chi connectivity index (χ4v) is 2.19. The van der Waals surface area contributed by atoms with Crippen molar-refractivity contribution in [3.05, 3.63) is 23.0 Å². The number of hydrogen-bond donors (Lipinski definition) is 2. The van der Waals surface area contributed by atoms with Crippen LogP contribution in [0.1, 0.15) is 36.7 Å². The summed E-state index contributed by atoms with van der Waals surface area (Å²) in [6.07, 6.45) is 4.95. The number of ether oxygens (including phenoxy) is 1. The van der Waals surface area contributed by atoms with E-state index >= 15 is 0 Å². The number of rotatable bonds is 3. The van der Waals surface area contributed by atoms with Gasteiger partial charge < -0.3 is 15.5 Å². The highest BCUT2D eigenvalue weighted by molar-refractivity contribution is 5.31. The topological polar surface area (TPSA) is 51.0 Å². The van der Waals surface area contributed by atoms with E-state index < -0.39 is 0 Å². The predicted molar refractivity (Wildman–Crippen MR) is 60.9 cm³/mol. The lowest BCUT2D eigenvalue weighted by atomic mass is 9.97. The quantitative estimate of drug-likeness (QED) is 0.794. The van der Waals surface area contributed by atoms with Crippen LogP contribution in [0.4, 0.5) is 0 Å². The van der Waals surface area contributed by atoms with Crippen LogP contribution >= 0.6 is 0 Å². The smallest absolute Gasteiger partial charge is 0.117 e. The van der Waals surface area contributed by atoms with Gasteiger partial charge >= 0.3 is 0 Å². The molecule has 2 rings (SSSR count). The molecule has 0 spiro atoms. The van der Waals surface area contributed by atoms with Gasteiger partial charge in [0.15, 0.2) is 0 Å². The zero-order valence-electron chi connectivity index (χ0n) is 9.60. The van der Waals surface area contributed by atoms with Gasteiger partial charge in [0.25, 0.3) is 0 Å². The highest BCUT2D eigenvalue weighted by atomic mass is 16.5. The molecule has 84 valence electrons. The van der Waals surface area contributed by atoms with Gasteiger partial charge in [-0.15, -0.1) is 0 Å². The number of nitrogens with one attached hydrogen (secondary N) is 1. The minimum Gasteiger partial charge on any atom is -0.371 e. The lowest BCUT2D eigenvalue weighted by Crippen LogP contribution is -2.34. The molecule has 0 aliphatic heterocycles. The number of methoxy groups -OCH3 is 1. The van der Waals surface area contributed by atoms with Gasteiger partial charge in [-0.2, -0.15) is 0 Å². The lowest BCUT2D eigenvalue weighted by Gasteiger charge is -2.25. The van der Waals surface area contributed by atoms with Gasteiger partial charge in [0.05, 0.1) is 0 Å². The van der Waals surface area contributed by atoms with Crippen LogP contribution in [0, 0.1) is 0 Å². The summed E-state index contributed by atoms with van der Waals surface area (Å²) in [5, 5.41) is 0. The average Bonchev–Trinajstić information content (AvgIpc) is 2.72. The van der Waals surface area contributed by atoms with Crippen LogP contribution in [-0.4, -0.2) is 18.6 Å². The molecular weight excluding hydrogens is 188 g/mol. The van der Waals surface area contributed by atoms with Crippen molar-refractivity contribution in [1.29, 1.82) is 0 Å². The molecule has 3 nitrogen and oxygen atoms in total. The van der Waals surface area contributed by atoms with E-state index in [1.807, 2.05) is 6.92 Å². The minimum absolute atomic E-state index is 0.364. The van der Waals surface area contributed by atoms with E-state index in [0.29, 0.717) is 6.54 Å². The Bertz CT molecular complexity index is 316. The van der Waals surface area contributed by atoms with Crippen molar-refractivity contribution in [2.75, 3.05) is 13.7 Å². The Kier molecular flexibility index (Phi) is 2.85. The third kappa shape index (κ3) is 1.82. The predicted octanol–water partition coefficient (Wildman–Crippen LogP) is 1.71. The van der Waals surface area contributed by atoms with Crippen molar-refractivity contribution in [3.63, 3.8) is 0 Å². The first-order valence-electron chi connectivity index (χ1n) is 5.66. The first-order valence-corrected chi connectivity index (χ1v) is 5.66. The SMILES string of the molecule is COC(C)(CN)c1cc2c([nH]1)CCCC2. The van der Waals surface area contributed by atoms with Crippen molar-refractivity contribution in [1.82, 2.24) is 4.98 Å². The molecule has 15 heavy (non-hydrogen) atoms. The molecule has 0 saturated carbocycles. The molecular formula is C12H20N2O. The highest BCUT2D eigenvalue weighted by Gasteiger charge is 2.27. The second-order valence-corrected chi connectivity index (χ2v) is 4.53. The van der Waals surface area contributed by atoms with Crippen LogP contribution < -0.4 is 5.73 Å². The van der Waals surface area contributed by atoms with E-state index in [2.05, 4.69) is 11.1 Å². The van der Waals surface area contributed by atoms with Gasteiger partial charge in [-0.1, -0.05) is 0 Å². The molecule has 0 fully saturated rings. The standard InChI is InChI=1S/C12H20N2O/c1-12(8-13,15-2)11-7-9-5-3-4-6-10(9)14-11/h7,14H,3-6,8,13H2,1-2H3. The fourth-order valence-electron chi connectivity index (χ4n) is 2.19. The molecule has 1 aromatic heterocycles. The van der Waals surface area contributed by atoms with E-state index in [1.54, 1.807) is 7.11 Å². The first-order chi connectivity index (χ1) is 7.19. The molecule has 1 atom stereocenters. The van der Waals surface area contributed by atoms with Crippen LogP contribution in [0.2, 0.25) is 0 Å². The van der Waals surface area contributed by atoms with Crippen LogP contribution in [0.3, 0.4) is 0 Å². The summed E-state index contributed by atoms with van der Waals surface area (Å²) in [5.41, 5.74) is 9.36. The van der Waals surface area contributed by atoms with Gasteiger partial charge in [0.2, 0.25) is 0 Å². The fraction of sp³-hybridized carbons (Fsp3) is 0.667. The van der Waals surface area contributed by atoms with E-state index in [9.17, 15) is 0 Å². The van der Waals surface area contributed by atoms with E-state index in [4.69, 9.17) is 10.5 Å². The normalized spacial score (nSPS) is 19.7. The Morgan fingerprint density at radius 2 is 2.20 bits per heavy atom. The third-order valence-electron chi connectivity index (χ3n) is 3.52. The molecule has 1 heterocycles. The Hall–Kier alpha value is -0.800. The van der Waals surface area contributed by atoms with Crippen molar-refractivity contribution in [3.8, 4) is 0 Å². The summed E-state index contributed by atoms with van der Waals surface area (Å²) >= 11 is 0. The van der Waals surface area contributed by atoms with Crippen LogP contribution in [0.15, 0.2) is 6.07 Å². The molecule has 0 radical (unpaired) electrons. The summed E-state index contributed by atoms with van der Waals surface area (Å²) in [6.45, 7) is 2.53. The molecule has 0 amide bonds. The van der Waals surface area contributed by atoms with Gasteiger partial charge in [0.1, 0.15) is 5.60 Å². The van der Waals surface area contributed by atoms with E-state index in [0.717, 1.165) is 5.69 Å². The van der Waals surface area contributed by atoms with Crippen LogP contribution in [0.25, 0.3) is 0 Å². The summed E-state index contributed by atoms with van der Waals surface area (Å²) in [7, 11) is 1.71. The Balaban J connectivity index is 2.32. The van der Waals surface area contributed by atoms with Gasteiger partial charge in [-0.05, 0) is 44.2 Å². The number of nitrogens with two attached hydrogens (primary N) is 1. The van der Waals surface area contributed by atoms with Gasteiger partial charge in [0, 0.05) is 25.0 Å². The number of aryl methyl sites for hydroxylation is 2. The third-order valence-corrected chi connectivity index (χ3v) is 3.52.